The van der Waals surface area contributed by atoms with Crippen LogP contribution in [0, 0.1) is 12.8 Å². The lowest BCUT2D eigenvalue weighted by Crippen LogP contribution is -2.18. The molecule has 0 fully saturated rings. The summed E-state index contributed by atoms with van der Waals surface area (Å²) in [6, 6.07) is 5.66. The summed E-state index contributed by atoms with van der Waals surface area (Å²) < 4.78 is 10.6. The Morgan fingerprint density at radius 3 is 3.05 bits per heavy atom. The van der Waals surface area contributed by atoms with Crippen molar-refractivity contribution in [3.05, 3.63) is 40.8 Å². The van der Waals surface area contributed by atoms with E-state index in [1.165, 1.54) is 0 Å². The lowest BCUT2D eigenvalue weighted by molar-refractivity contribution is 0.101. The highest BCUT2D eigenvalue weighted by molar-refractivity contribution is 6.04. The smallest absolute Gasteiger partial charge is 0.278 e. The molecule has 22 heavy (non-hydrogen) atoms. The van der Waals surface area contributed by atoms with Gasteiger partial charge in [-0.25, -0.2) is 0 Å². The van der Waals surface area contributed by atoms with Crippen LogP contribution in [0.1, 0.15) is 40.7 Å². The van der Waals surface area contributed by atoms with Crippen molar-refractivity contribution < 1.29 is 14.1 Å². The number of carbonyl (C=O) groups is 1. The Morgan fingerprint density at radius 2 is 2.27 bits per heavy atom. The molecule has 1 aliphatic carbocycles. The van der Waals surface area contributed by atoms with Gasteiger partial charge in [-0.1, -0.05) is 18.1 Å². The number of nitrogens with one attached hydrogen (secondary N) is 1. The van der Waals surface area contributed by atoms with Crippen molar-refractivity contribution in [1.82, 2.24) is 5.16 Å². The minimum atomic E-state index is -0.247. The van der Waals surface area contributed by atoms with Gasteiger partial charge in [0.25, 0.3) is 5.91 Å². The summed E-state index contributed by atoms with van der Waals surface area (Å²) >= 11 is 0. The van der Waals surface area contributed by atoms with E-state index in [9.17, 15) is 4.79 Å². The molecular weight excluding hydrogens is 280 g/mol. The zero-order valence-corrected chi connectivity index (χ0v) is 13.1. The van der Waals surface area contributed by atoms with Crippen LogP contribution in [0.2, 0.25) is 0 Å². The summed E-state index contributed by atoms with van der Waals surface area (Å²) in [6.45, 7) is 4.15. The minimum Gasteiger partial charge on any atom is -0.495 e. The Kier molecular flexibility index (Phi) is 3.88. The van der Waals surface area contributed by atoms with Crippen LogP contribution in [-0.2, 0) is 12.8 Å². The second-order valence-corrected chi connectivity index (χ2v) is 5.94. The third-order valence-electron chi connectivity index (χ3n) is 4.10. The first kappa shape index (κ1) is 14.6. The van der Waals surface area contributed by atoms with Crippen molar-refractivity contribution in [2.75, 3.05) is 12.4 Å². The van der Waals surface area contributed by atoms with Crippen LogP contribution in [0.25, 0.3) is 0 Å². The lowest BCUT2D eigenvalue weighted by Gasteiger charge is -2.16. The lowest BCUT2D eigenvalue weighted by atomic mass is 9.88. The molecule has 5 nitrogen and oxygen atoms in total. The van der Waals surface area contributed by atoms with E-state index in [0.29, 0.717) is 23.0 Å². The Morgan fingerprint density at radius 1 is 1.45 bits per heavy atom. The highest BCUT2D eigenvalue weighted by Crippen LogP contribution is 2.30. The fourth-order valence-electron chi connectivity index (χ4n) is 2.86. The Hall–Kier alpha value is -2.30. The van der Waals surface area contributed by atoms with E-state index in [-0.39, 0.29) is 5.91 Å². The molecule has 3 rings (SSSR count). The Bertz CT molecular complexity index is 706. The number of ether oxygens (including phenoxy) is 1. The van der Waals surface area contributed by atoms with Crippen LogP contribution in [-0.4, -0.2) is 18.2 Å². The largest absolute Gasteiger partial charge is 0.495 e. The molecule has 0 aliphatic heterocycles. The normalized spacial score (nSPS) is 17.0. The molecule has 0 radical (unpaired) electrons. The van der Waals surface area contributed by atoms with Crippen molar-refractivity contribution in [2.24, 2.45) is 5.92 Å². The molecule has 5 heteroatoms. The van der Waals surface area contributed by atoms with Gasteiger partial charge in [0.2, 0.25) is 0 Å². The minimum absolute atomic E-state index is 0.247. The molecule has 2 aromatic rings. The molecule has 0 unspecified atom stereocenters. The molecule has 1 amide bonds. The number of aryl methyl sites for hydroxylation is 2. The molecular formula is C17H20N2O3. The molecule has 1 aliphatic rings. The van der Waals surface area contributed by atoms with Crippen molar-refractivity contribution in [3.8, 4) is 5.75 Å². The van der Waals surface area contributed by atoms with E-state index in [4.69, 9.17) is 9.26 Å². The predicted molar refractivity (Wildman–Crippen MR) is 83.4 cm³/mol. The number of carbonyl (C=O) groups excluding carboxylic acids is 1. The number of nitrogens with zero attached hydrogens (tertiary/aromatic N) is 1. The van der Waals surface area contributed by atoms with E-state index in [0.717, 1.165) is 36.1 Å². The quantitative estimate of drug-likeness (QED) is 0.944. The van der Waals surface area contributed by atoms with Gasteiger partial charge in [-0.15, -0.1) is 0 Å². The first-order valence-corrected chi connectivity index (χ1v) is 7.52. The summed E-state index contributed by atoms with van der Waals surface area (Å²) in [5.41, 5.74) is 3.04. The van der Waals surface area contributed by atoms with Gasteiger partial charge in [0.1, 0.15) is 11.5 Å². The van der Waals surface area contributed by atoms with E-state index in [1.54, 1.807) is 7.11 Å². The van der Waals surface area contributed by atoms with Crippen LogP contribution in [0.3, 0.4) is 0 Å². The number of benzene rings is 1. The number of rotatable bonds is 3. The van der Waals surface area contributed by atoms with Crippen molar-refractivity contribution in [2.45, 2.75) is 33.1 Å². The van der Waals surface area contributed by atoms with E-state index >= 15 is 0 Å². The van der Waals surface area contributed by atoms with Crippen molar-refractivity contribution >= 4 is 11.6 Å². The maximum Gasteiger partial charge on any atom is 0.278 e. The van der Waals surface area contributed by atoms with Crippen LogP contribution in [0.15, 0.2) is 22.7 Å². The fraction of sp³-hybridized carbons (Fsp3) is 0.412. The fourth-order valence-corrected chi connectivity index (χ4v) is 2.86. The Balaban J connectivity index is 1.87. The number of fused-ring (bicyclic) bond motifs is 1. The number of hydrogen-bond donors (Lipinski definition) is 1. The number of aromatic nitrogens is 1. The predicted octanol–water partition coefficient (Wildman–Crippen LogP) is 3.37. The maximum absolute atomic E-state index is 12.5. The number of hydrogen-bond acceptors (Lipinski definition) is 4. The molecule has 1 atom stereocenters. The first-order valence-electron chi connectivity index (χ1n) is 7.52. The molecule has 1 aromatic heterocycles. The van der Waals surface area contributed by atoms with E-state index in [2.05, 4.69) is 17.4 Å². The van der Waals surface area contributed by atoms with Gasteiger partial charge in [-0.3, -0.25) is 4.79 Å². The molecule has 1 aromatic carbocycles. The average Bonchev–Trinajstić information content (AvgIpc) is 2.90. The monoisotopic (exact) mass is 300 g/mol. The molecule has 0 saturated heterocycles. The topological polar surface area (TPSA) is 64.4 Å². The second-order valence-electron chi connectivity index (χ2n) is 5.94. The third-order valence-corrected chi connectivity index (χ3v) is 4.10. The van der Waals surface area contributed by atoms with Crippen molar-refractivity contribution in [1.29, 1.82) is 0 Å². The zero-order valence-electron chi connectivity index (χ0n) is 13.1. The van der Waals surface area contributed by atoms with Gasteiger partial charge >= 0.3 is 0 Å². The van der Waals surface area contributed by atoms with E-state index < -0.39 is 0 Å². The summed E-state index contributed by atoms with van der Waals surface area (Å²) in [6.07, 6.45) is 2.77. The second kappa shape index (κ2) is 5.83. The number of methoxy groups -OCH3 is 1. The van der Waals surface area contributed by atoms with Crippen LogP contribution in [0.5, 0.6) is 5.75 Å². The van der Waals surface area contributed by atoms with Gasteiger partial charge < -0.3 is 14.6 Å². The zero-order chi connectivity index (χ0) is 15.7. The van der Waals surface area contributed by atoms with Gasteiger partial charge in [0.05, 0.1) is 12.8 Å². The summed E-state index contributed by atoms with van der Waals surface area (Å²) in [7, 11) is 1.58. The number of amides is 1. The SMILES string of the molecule is COc1ccc(C)cc1NC(=O)c1noc2c1C[C@H](C)CC2. The van der Waals surface area contributed by atoms with Crippen LogP contribution in [0.4, 0.5) is 5.69 Å². The summed E-state index contributed by atoms with van der Waals surface area (Å²) in [5.74, 6) is 1.78. The summed E-state index contributed by atoms with van der Waals surface area (Å²) in [4.78, 5) is 12.5. The van der Waals surface area contributed by atoms with Gasteiger partial charge in [0.15, 0.2) is 5.69 Å². The highest BCUT2D eigenvalue weighted by atomic mass is 16.5. The molecule has 0 saturated carbocycles. The number of anilines is 1. The highest BCUT2D eigenvalue weighted by Gasteiger charge is 2.27. The third kappa shape index (κ3) is 2.71. The maximum atomic E-state index is 12.5. The molecule has 1 N–H and O–H groups in total. The van der Waals surface area contributed by atoms with Gasteiger partial charge in [-0.05, 0) is 43.4 Å². The molecule has 0 spiro atoms. The molecule has 1 heterocycles. The van der Waals surface area contributed by atoms with Gasteiger partial charge in [0, 0.05) is 12.0 Å². The van der Waals surface area contributed by atoms with Crippen LogP contribution < -0.4 is 10.1 Å². The van der Waals surface area contributed by atoms with Gasteiger partial charge in [-0.2, -0.15) is 0 Å². The molecule has 0 bridgehead atoms. The standard InChI is InChI=1S/C17H20N2O3/c1-10-4-6-14-12(8-10)16(19-22-14)17(20)18-13-9-11(2)5-7-15(13)21-3/h5,7,9-10H,4,6,8H2,1-3H3,(H,18,20)/t10-/m1/s1. The summed E-state index contributed by atoms with van der Waals surface area (Å²) in [5, 5.41) is 6.86. The van der Waals surface area contributed by atoms with Crippen LogP contribution >= 0.6 is 0 Å². The molecule has 116 valence electrons. The average molecular weight is 300 g/mol. The Labute approximate surface area is 129 Å². The van der Waals surface area contributed by atoms with E-state index in [1.807, 2.05) is 25.1 Å². The first-order chi connectivity index (χ1) is 10.6. The van der Waals surface area contributed by atoms with Crippen molar-refractivity contribution in [3.63, 3.8) is 0 Å².